The Labute approximate surface area is 190 Å². The first-order valence-corrected chi connectivity index (χ1v) is 10.4. The highest BCUT2D eigenvalue weighted by molar-refractivity contribution is 5.97. The van der Waals surface area contributed by atoms with Crippen LogP contribution in [0.2, 0.25) is 0 Å². The maximum Gasteiger partial charge on any atom is 0.255 e. The van der Waals surface area contributed by atoms with Crippen molar-refractivity contribution >= 4 is 5.91 Å². The Hall–Kier alpha value is -4.20. The fourth-order valence-corrected chi connectivity index (χ4v) is 3.07. The zero-order valence-corrected chi connectivity index (χ0v) is 17.9. The third-order valence-electron chi connectivity index (χ3n) is 4.75. The van der Waals surface area contributed by atoms with Crippen molar-refractivity contribution in [2.45, 2.75) is 13.0 Å². The molecule has 4 aromatic rings. The van der Waals surface area contributed by atoms with Gasteiger partial charge in [-0.15, -0.1) is 0 Å². The van der Waals surface area contributed by atoms with Crippen LogP contribution < -0.4 is 14.8 Å². The zero-order chi connectivity index (χ0) is 23.0. The lowest BCUT2D eigenvalue weighted by molar-refractivity contribution is 0.0927. The summed E-state index contributed by atoms with van der Waals surface area (Å²) in [7, 11) is 0. The number of para-hydroxylation sites is 2. The second-order valence-electron chi connectivity index (χ2n) is 7.16. The van der Waals surface area contributed by atoms with E-state index in [4.69, 9.17) is 14.0 Å². The van der Waals surface area contributed by atoms with Gasteiger partial charge in [0.2, 0.25) is 11.7 Å². The van der Waals surface area contributed by atoms with Crippen LogP contribution in [0.25, 0.3) is 11.4 Å². The summed E-state index contributed by atoms with van der Waals surface area (Å²) < 4.78 is 29.8. The SMILES string of the molecule is CC(NC(=O)c1ccccc1OCCOc1ccccc1)c1nc(-c2ccc(F)cc2)no1. The van der Waals surface area contributed by atoms with E-state index in [1.807, 2.05) is 30.3 Å². The summed E-state index contributed by atoms with van der Waals surface area (Å²) in [6.45, 7) is 2.35. The van der Waals surface area contributed by atoms with Crippen LogP contribution in [0.3, 0.4) is 0 Å². The lowest BCUT2D eigenvalue weighted by Crippen LogP contribution is -2.27. The standard InChI is InChI=1S/C25H22FN3O4/c1-17(25-28-23(29-33-25)18-11-13-19(26)14-12-18)27-24(30)21-9-5-6-10-22(21)32-16-15-31-20-7-3-2-4-8-20/h2-14,17H,15-16H2,1H3,(H,27,30). The molecule has 0 aliphatic carbocycles. The molecule has 0 saturated heterocycles. The molecule has 0 bridgehead atoms. The van der Waals surface area contributed by atoms with Gasteiger partial charge in [0.05, 0.1) is 5.56 Å². The molecule has 1 unspecified atom stereocenters. The van der Waals surface area contributed by atoms with E-state index in [1.165, 1.54) is 12.1 Å². The normalized spacial score (nSPS) is 11.6. The van der Waals surface area contributed by atoms with Crippen molar-refractivity contribution in [3.05, 3.63) is 96.1 Å². The number of ether oxygens (including phenoxy) is 2. The van der Waals surface area contributed by atoms with E-state index < -0.39 is 6.04 Å². The minimum Gasteiger partial charge on any atom is -0.490 e. The van der Waals surface area contributed by atoms with Gasteiger partial charge in [0, 0.05) is 5.56 Å². The molecule has 8 heteroatoms. The van der Waals surface area contributed by atoms with Crippen LogP contribution in [0, 0.1) is 5.82 Å². The quantitative estimate of drug-likeness (QED) is 0.370. The van der Waals surface area contributed by atoms with Gasteiger partial charge in [0.15, 0.2) is 0 Å². The number of hydrogen-bond donors (Lipinski definition) is 1. The van der Waals surface area contributed by atoms with E-state index in [0.29, 0.717) is 29.3 Å². The van der Waals surface area contributed by atoms with E-state index in [2.05, 4.69) is 15.5 Å². The molecule has 168 valence electrons. The number of nitrogens with zero attached hydrogens (tertiary/aromatic N) is 2. The number of carbonyl (C=O) groups excluding carboxylic acids is 1. The molecule has 1 heterocycles. The fourth-order valence-electron chi connectivity index (χ4n) is 3.07. The van der Waals surface area contributed by atoms with E-state index >= 15 is 0 Å². The molecule has 0 aliphatic heterocycles. The highest BCUT2D eigenvalue weighted by Gasteiger charge is 2.20. The summed E-state index contributed by atoms with van der Waals surface area (Å²) in [5.41, 5.74) is 0.990. The molecule has 1 aromatic heterocycles. The number of halogens is 1. The molecule has 1 atom stereocenters. The van der Waals surface area contributed by atoms with Gasteiger partial charge in [-0.25, -0.2) is 4.39 Å². The molecule has 3 aromatic carbocycles. The summed E-state index contributed by atoms with van der Waals surface area (Å²) in [5.74, 6) is 1.04. The van der Waals surface area contributed by atoms with Gasteiger partial charge < -0.3 is 19.3 Å². The molecule has 1 N–H and O–H groups in total. The summed E-state index contributed by atoms with van der Waals surface area (Å²) in [5, 5.41) is 6.75. The topological polar surface area (TPSA) is 86.5 Å². The maximum absolute atomic E-state index is 13.1. The van der Waals surface area contributed by atoms with E-state index in [1.54, 1.807) is 43.3 Å². The number of rotatable bonds is 9. The summed E-state index contributed by atoms with van der Waals surface area (Å²) in [6, 6.07) is 21.6. The average Bonchev–Trinajstić information content (AvgIpc) is 3.34. The molecule has 0 saturated carbocycles. The summed E-state index contributed by atoms with van der Waals surface area (Å²) in [4.78, 5) is 17.2. The highest BCUT2D eigenvalue weighted by atomic mass is 19.1. The van der Waals surface area contributed by atoms with Crippen molar-refractivity contribution in [1.29, 1.82) is 0 Å². The smallest absolute Gasteiger partial charge is 0.255 e. The van der Waals surface area contributed by atoms with Crippen LogP contribution in [-0.2, 0) is 0 Å². The number of benzene rings is 3. The van der Waals surface area contributed by atoms with Gasteiger partial charge in [-0.3, -0.25) is 4.79 Å². The number of amides is 1. The van der Waals surface area contributed by atoms with Crippen molar-refractivity contribution in [1.82, 2.24) is 15.5 Å². The van der Waals surface area contributed by atoms with Crippen molar-refractivity contribution in [2.24, 2.45) is 0 Å². The van der Waals surface area contributed by atoms with Crippen molar-refractivity contribution in [2.75, 3.05) is 13.2 Å². The molecule has 0 radical (unpaired) electrons. The van der Waals surface area contributed by atoms with Crippen LogP contribution in [-0.4, -0.2) is 29.3 Å². The van der Waals surface area contributed by atoms with Crippen LogP contribution >= 0.6 is 0 Å². The minimum atomic E-state index is -0.548. The first-order valence-electron chi connectivity index (χ1n) is 10.4. The number of carbonyl (C=O) groups is 1. The second kappa shape index (κ2) is 10.4. The van der Waals surface area contributed by atoms with E-state index in [-0.39, 0.29) is 24.2 Å². The summed E-state index contributed by atoms with van der Waals surface area (Å²) in [6.07, 6.45) is 0. The van der Waals surface area contributed by atoms with Gasteiger partial charge in [-0.1, -0.05) is 35.5 Å². The first kappa shape index (κ1) is 22.0. The molecular formula is C25H22FN3O4. The third-order valence-corrected chi connectivity index (χ3v) is 4.75. The second-order valence-corrected chi connectivity index (χ2v) is 7.16. The average molecular weight is 447 g/mol. The van der Waals surface area contributed by atoms with Crippen molar-refractivity contribution in [3.63, 3.8) is 0 Å². The van der Waals surface area contributed by atoms with Crippen LogP contribution in [0.4, 0.5) is 4.39 Å². The molecule has 0 spiro atoms. The zero-order valence-electron chi connectivity index (χ0n) is 17.9. The predicted octanol–water partition coefficient (Wildman–Crippen LogP) is 4.82. The van der Waals surface area contributed by atoms with Crippen molar-refractivity contribution in [3.8, 4) is 22.9 Å². The Morgan fingerprint density at radius 3 is 2.45 bits per heavy atom. The Morgan fingerprint density at radius 1 is 0.970 bits per heavy atom. The van der Waals surface area contributed by atoms with Gasteiger partial charge >= 0.3 is 0 Å². The van der Waals surface area contributed by atoms with Crippen LogP contribution in [0.5, 0.6) is 11.5 Å². The molecule has 0 aliphatic rings. The van der Waals surface area contributed by atoms with Crippen LogP contribution in [0.15, 0.2) is 83.4 Å². The lowest BCUT2D eigenvalue weighted by Gasteiger charge is -2.14. The van der Waals surface area contributed by atoms with Crippen LogP contribution in [0.1, 0.15) is 29.2 Å². The molecular weight excluding hydrogens is 425 g/mol. The van der Waals surface area contributed by atoms with Crippen molar-refractivity contribution < 1.29 is 23.2 Å². The largest absolute Gasteiger partial charge is 0.490 e. The number of hydrogen-bond acceptors (Lipinski definition) is 6. The first-order chi connectivity index (χ1) is 16.1. The fraction of sp³-hybridized carbons (Fsp3) is 0.160. The Morgan fingerprint density at radius 2 is 1.67 bits per heavy atom. The minimum absolute atomic E-state index is 0.234. The number of nitrogens with one attached hydrogen (secondary N) is 1. The molecule has 33 heavy (non-hydrogen) atoms. The highest BCUT2D eigenvalue weighted by Crippen LogP contribution is 2.22. The molecule has 4 rings (SSSR count). The van der Waals surface area contributed by atoms with Gasteiger partial charge in [-0.2, -0.15) is 4.98 Å². The molecule has 1 amide bonds. The van der Waals surface area contributed by atoms with E-state index in [9.17, 15) is 9.18 Å². The third kappa shape index (κ3) is 5.74. The van der Waals surface area contributed by atoms with Gasteiger partial charge in [-0.05, 0) is 55.5 Å². The lowest BCUT2D eigenvalue weighted by atomic mass is 10.1. The monoisotopic (exact) mass is 447 g/mol. The maximum atomic E-state index is 13.1. The van der Waals surface area contributed by atoms with Gasteiger partial charge in [0.25, 0.3) is 5.91 Å². The van der Waals surface area contributed by atoms with E-state index in [0.717, 1.165) is 5.75 Å². The van der Waals surface area contributed by atoms with Gasteiger partial charge in [0.1, 0.15) is 36.6 Å². The predicted molar refractivity (Wildman–Crippen MR) is 119 cm³/mol. The number of aromatic nitrogens is 2. The molecule has 7 nitrogen and oxygen atoms in total. The Bertz CT molecular complexity index is 1200. The summed E-state index contributed by atoms with van der Waals surface area (Å²) >= 11 is 0. The molecule has 0 fully saturated rings. The Balaban J connectivity index is 1.36. The Kier molecular flexibility index (Phi) is 6.94.